The van der Waals surface area contributed by atoms with E-state index >= 15 is 0 Å². The predicted molar refractivity (Wildman–Crippen MR) is 89.5 cm³/mol. The number of likely N-dealkylation sites (tertiary alicyclic amines) is 1. The number of furan rings is 1. The zero-order chi connectivity index (χ0) is 18.2. The Labute approximate surface area is 146 Å². The number of hydrogen-bond donors (Lipinski definition) is 1. The Bertz CT molecular complexity index is 672. The minimum Gasteiger partial charge on any atom is -0.467 e. The second-order valence-corrected chi connectivity index (χ2v) is 7.07. The molecular weight excluding hydrogens is 324 g/mol. The summed E-state index contributed by atoms with van der Waals surface area (Å²) >= 11 is 0. The lowest BCUT2D eigenvalue weighted by Crippen LogP contribution is -2.50. The minimum atomic E-state index is -0.888. The molecule has 4 amide bonds. The number of nitrogens with zero attached hydrogens (tertiary/aromatic N) is 3. The van der Waals surface area contributed by atoms with E-state index in [1.54, 1.807) is 24.3 Å². The third-order valence-corrected chi connectivity index (χ3v) is 4.82. The number of nitrogens with one attached hydrogen (secondary N) is 1. The van der Waals surface area contributed by atoms with Crippen molar-refractivity contribution in [2.24, 2.45) is 0 Å². The van der Waals surface area contributed by atoms with E-state index in [0.717, 1.165) is 5.76 Å². The molecule has 0 aliphatic carbocycles. The highest BCUT2D eigenvalue weighted by molar-refractivity contribution is 6.07. The molecule has 136 valence electrons. The van der Waals surface area contributed by atoms with Crippen molar-refractivity contribution >= 4 is 17.8 Å². The van der Waals surface area contributed by atoms with Crippen LogP contribution in [0.4, 0.5) is 4.79 Å². The summed E-state index contributed by atoms with van der Waals surface area (Å²) in [6.07, 6.45) is 2.10. The molecule has 1 aromatic heterocycles. The lowest BCUT2D eigenvalue weighted by molar-refractivity contribution is -0.134. The van der Waals surface area contributed by atoms with Crippen LogP contribution in [-0.2, 0) is 16.1 Å². The Morgan fingerprint density at radius 2 is 2.20 bits per heavy atom. The summed E-state index contributed by atoms with van der Waals surface area (Å²) in [6.45, 7) is 5.21. The molecule has 2 aliphatic rings. The fourth-order valence-corrected chi connectivity index (χ4v) is 3.45. The fourth-order valence-electron chi connectivity index (χ4n) is 3.45. The first kappa shape index (κ1) is 17.5. The van der Waals surface area contributed by atoms with E-state index in [9.17, 15) is 14.4 Å². The van der Waals surface area contributed by atoms with Gasteiger partial charge in [-0.3, -0.25) is 19.4 Å². The second kappa shape index (κ2) is 6.51. The SMILES string of the molecule is CC(C)N1C(=O)NC2(CCN(CC(=O)N(C)Cc3ccco3)C2)C1=O. The number of urea groups is 1. The van der Waals surface area contributed by atoms with Crippen molar-refractivity contribution in [3.8, 4) is 0 Å². The van der Waals surface area contributed by atoms with Crippen molar-refractivity contribution in [3.63, 3.8) is 0 Å². The first-order valence-electron chi connectivity index (χ1n) is 8.47. The number of hydrogen-bond acceptors (Lipinski definition) is 5. The monoisotopic (exact) mass is 348 g/mol. The maximum Gasteiger partial charge on any atom is 0.325 e. The summed E-state index contributed by atoms with van der Waals surface area (Å²) in [7, 11) is 1.72. The Morgan fingerprint density at radius 1 is 1.44 bits per heavy atom. The van der Waals surface area contributed by atoms with Gasteiger partial charge >= 0.3 is 6.03 Å². The Balaban J connectivity index is 1.59. The van der Waals surface area contributed by atoms with Crippen LogP contribution in [0.25, 0.3) is 0 Å². The van der Waals surface area contributed by atoms with Crippen LogP contribution in [0.3, 0.4) is 0 Å². The molecule has 2 aliphatic heterocycles. The third-order valence-electron chi connectivity index (χ3n) is 4.82. The molecule has 2 saturated heterocycles. The number of carbonyl (C=O) groups excluding carboxylic acids is 3. The summed E-state index contributed by atoms with van der Waals surface area (Å²) in [5.41, 5.74) is -0.888. The van der Waals surface area contributed by atoms with E-state index in [2.05, 4.69) is 5.32 Å². The quantitative estimate of drug-likeness (QED) is 0.790. The number of amides is 4. The number of likely N-dealkylation sites (N-methyl/N-ethyl adjacent to an activating group) is 1. The summed E-state index contributed by atoms with van der Waals surface area (Å²) in [5, 5.41) is 2.84. The van der Waals surface area contributed by atoms with Crippen molar-refractivity contribution in [3.05, 3.63) is 24.2 Å². The van der Waals surface area contributed by atoms with Crippen LogP contribution in [0, 0.1) is 0 Å². The molecule has 0 radical (unpaired) electrons. The molecule has 0 bridgehead atoms. The lowest BCUT2D eigenvalue weighted by atomic mass is 9.98. The van der Waals surface area contributed by atoms with Gasteiger partial charge in [-0.2, -0.15) is 0 Å². The molecule has 8 heteroatoms. The Kier molecular flexibility index (Phi) is 4.55. The fraction of sp³-hybridized carbons (Fsp3) is 0.588. The molecule has 0 saturated carbocycles. The van der Waals surface area contributed by atoms with Gasteiger partial charge in [-0.25, -0.2) is 4.79 Å². The number of rotatable bonds is 5. The summed E-state index contributed by atoms with van der Waals surface area (Å²) in [5.74, 6) is 0.483. The Hall–Kier alpha value is -2.35. The van der Waals surface area contributed by atoms with E-state index in [4.69, 9.17) is 4.42 Å². The van der Waals surface area contributed by atoms with Gasteiger partial charge in [-0.05, 0) is 32.4 Å². The molecule has 3 heterocycles. The molecule has 1 spiro atoms. The highest BCUT2D eigenvalue weighted by Crippen LogP contribution is 2.29. The zero-order valence-corrected chi connectivity index (χ0v) is 14.8. The average molecular weight is 348 g/mol. The van der Waals surface area contributed by atoms with Gasteiger partial charge in [-0.15, -0.1) is 0 Å². The highest BCUT2D eigenvalue weighted by Gasteiger charge is 2.55. The second-order valence-electron chi connectivity index (χ2n) is 7.07. The van der Waals surface area contributed by atoms with Crippen molar-refractivity contribution in [2.45, 2.75) is 38.4 Å². The van der Waals surface area contributed by atoms with Crippen LogP contribution in [0.15, 0.2) is 22.8 Å². The predicted octanol–water partition coefficient (Wildman–Crippen LogP) is 0.643. The van der Waals surface area contributed by atoms with Crippen molar-refractivity contribution in [2.75, 3.05) is 26.7 Å². The molecule has 0 aromatic carbocycles. The third kappa shape index (κ3) is 3.26. The van der Waals surface area contributed by atoms with Crippen LogP contribution >= 0.6 is 0 Å². The molecule has 1 N–H and O–H groups in total. The molecule has 1 unspecified atom stereocenters. The number of imide groups is 1. The van der Waals surface area contributed by atoms with Crippen LogP contribution in [0.5, 0.6) is 0 Å². The molecular formula is C17H24N4O4. The van der Waals surface area contributed by atoms with Gasteiger partial charge in [0.15, 0.2) is 0 Å². The van der Waals surface area contributed by atoms with E-state index in [1.807, 2.05) is 24.8 Å². The Morgan fingerprint density at radius 3 is 2.80 bits per heavy atom. The summed E-state index contributed by atoms with van der Waals surface area (Å²) < 4.78 is 5.26. The van der Waals surface area contributed by atoms with Crippen LogP contribution in [-0.4, -0.2) is 70.8 Å². The van der Waals surface area contributed by atoms with Gasteiger partial charge in [-0.1, -0.05) is 0 Å². The van der Waals surface area contributed by atoms with E-state index in [0.29, 0.717) is 26.1 Å². The maximum atomic E-state index is 12.7. The standard InChI is InChI=1S/C17H24N4O4/c1-12(2)21-15(23)17(18-16(21)24)6-7-20(11-17)10-14(22)19(3)9-13-5-4-8-25-13/h4-5,8,12H,6-7,9-11H2,1-3H3,(H,18,24). The normalized spacial score (nSPS) is 23.8. The summed E-state index contributed by atoms with van der Waals surface area (Å²) in [4.78, 5) is 42.0. The van der Waals surface area contributed by atoms with Gasteiger partial charge in [0.2, 0.25) is 5.91 Å². The smallest absolute Gasteiger partial charge is 0.325 e. The topological polar surface area (TPSA) is 86.1 Å². The first-order valence-corrected chi connectivity index (χ1v) is 8.47. The molecule has 2 fully saturated rings. The van der Waals surface area contributed by atoms with Gasteiger partial charge in [0.05, 0.1) is 19.4 Å². The van der Waals surface area contributed by atoms with Crippen LogP contribution in [0.2, 0.25) is 0 Å². The zero-order valence-electron chi connectivity index (χ0n) is 14.8. The van der Waals surface area contributed by atoms with Crippen molar-refractivity contribution in [1.29, 1.82) is 0 Å². The van der Waals surface area contributed by atoms with Gasteiger partial charge in [0.25, 0.3) is 5.91 Å². The molecule has 1 atom stereocenters. The molecule has 25 heavy (non-hydrogen) atoms. The van der Waals surface area contributed by atoms with Gasteiger partial charge < -0.3 is 14.6 Å². The van der Waals surface area contributed by atoms with E-state index in [-0.39, 0.29) is 30.4 Å². The van der Waals surface area contributed by atoms with Gasteiger partial charge in [0, 0.05) is 26.2 Å². The van der Waals surface area contributed by atoms with Crippen LogP contribution in [0.1, 0.15) is 26.0 Å². The molecule has 3 rings (SSSR count). The van der Waals surface area contributed by atoms with E-state index < -0.39 is 5.54 Å². The average Bonchev–Trinajstić information content (AvgIpc) is 3.22. The minimum absolute atomic E-state index is 0.0501. The van der Waals surface area contributed by atoms with Crippen molar-refractivity contribution in [1.82, 2.24) is 20.0 Å². The van der Waals surface area contributed by atoms with E-state index in [1.165, 1.54) is 4.90 Å². The summed E-state index contributed by atoms with van der Waals surface area (Å²) in [6, 6.07) is 3.08. The largest absolute Gasteiger partial charge is 0.467 e. The first-order chi connectivity index (χ1) is 11.8. The van der Waals surface area contributed by atoms with Crippen molar-refractivity contribution < 1.29 is 18.8 Å². The lowest BCUT2D eigenvalue weighted by Gasteiger charge is -2.24. The van der Waals surface area contributed by atoms with Crippen LogP contribution < -0.4 is 5.32 Å². The molecule has 1 aromatic rings. The highest BCUT2D eigenvalue weighted by atomic mass is 16.3. The molecule has 8 nitrogen and oxygen atoms in total. The van der Waals surface area contributed by atoms with Gasteiger partial charge in [0.1, 0.15) is 11.3 Å². The number of carbonyl (C=O) groups is 3. The maximum absolute atomic E-state index is 12.7.